The Morgan fingerprint density at radius 2 is 1.97 bits per heavy atom. The van der Waals surface area contributed by atoms with Crippen molar-refractivity contribution in [1.29, 1.82) is 0 Å². The van der Waals surface area contributed by atoms with Gasteiger partial charge in [0.05, 0.1) is 24.7 Å². The number of hydrogen-bond acceptors (Lipinski definition) is 7. The molecular weight excluding hydrogens is 420 g/mol. The number of rotatable bonds is 8. The van der Waals surface area contributed by atoms with Crippen LogP contribution in [0.2, 0.25) is 0 Å². The molecule has 1 aromatic carbocycles. The van der Waals surface area contributed by atoms with Crippen LogP contribution in [0.1, 0.15) is 5.56 Å². The van der Waals surface area contributed by atoms with Crippen molar-refractivity contribution in [2.24, 2.45) is 4.99 Å². The molecule has 2 aliphatic heterocycles. The van der Waals surface area contributed by atoms with Crippen LogP contribution in [0.15, 0.2) is 29.3 Å². The summed E-state index contributed by atoms with van der Waals surface area (Å²) in [5, 5.41) is 8.87. The van der Waals surface area contributed by atoms with Crippen molar-refractivity contribution in [3.63, 3.8) is 0 Å². The van der Waals surface area contributed by atoms with Gasteiger partial charge in [-0.05, 0) is 24.1 Å². The van der Waals surface area contributed by atoms with E-state index >= 15 is 0 Å². The highest BCUT2D eigenvalue weighted by atomic mass is 32.2. The van der Waals surface area contributed by atoms with Crippen LogP contribution >= 0.6 is 11.8 Å². The number of amidine groups is 1. The van der Waals surface area contributed by atoms with Gasteiger partial charge in [0.2, 0.25) is 0 Å². The second kappa shape index (κ2) is 9.14. The van der Waals surface area contributed by atoms with Crippen LogP contribution in [0.25, 0.3) is 0 Å². The smallest absolute Gasteiger partial charge is 0.329 e. The summed E-state index contributed by atoms with van der Waals surface area (Å²) in [6.07, 6.45) is 0.649. The van der Waals surface area contributed by atoms with Gasteiger partial charge < -0.3 is 19.5 Å². The molecule has 2 saturated heterocycles. The van der Waals surface area contributed by atoms with Crippen LogP contribution in [0, 0.1) is 0 Å². The Kier molecular flexibility index (Phi) is 6.81. The zero-order valence-corrected chi connectivity index (χ0v) is 17.4. The predicted octanol–water partition coefficient (Wildman–Crippen LogP) is 0.436. The van der Waals surface area contributed by atoms with Gasteiger partial charge in [-0.15, -0.1) is 0 Å². The van der Waals surface area contributed by atoms with Gasteiger partial charge in [0.25, 0.3) is 5.91 Å². The van der Waals surface area contributed by atoms with Gasteiger partial charge in [-0.2, -0.15) is 4.99 Å². The highest BCUT2D eigenvalue weighted by molar-refractivity contribution is 8.15. The molecule has 0 saturated carbocycles. The van der Waals surface area contributed by atoms with Gasteiger partial charge in [0.1, 0.15) is 19.0 Å². The minimum Gasteiger partial charge on any atom is -0.497 e. The number of fused-ring (bicyclic) bond motifs is 1. The molecule has 11 heteroatoms. The second-order valence-electron chi connectivity index (χ2n) is 6.77. The van der Waals surface area contributed by atoms with Gasteiger partial charge in [-0.25, -0.2) is 13.2 Å². The van der Waals surface area contributed by atoms with Crippen molar-refractivity contribution in [1.82, 2.24) is 4.90 Å². The standard InChI is InChI=1S/C18H22N2O7S2/c1-26-13-4-2-12(3-5-13)6-7-20-14-10-29(24,25)11-15(14)28-18(20)19-16(21)8-27-9-17(22)23/h2-5,14-15H,6-11H2,1H3,(H,22,23)/t14-,15+/m1/s1. The molecule has 3 rings (SSSR count). The van der Waals surface area contributed by atoms with Crippen molar-refractivity contribution in [3.05, 3.63) is 29.8 Å². The number of thioether (sulfide) groups is 1. The maximum atomic E-state index is 12.0. The van der Waals surface area contributed by atoms with Crippen molar-refractivity contribution in [3.8, 4) is 5.75 Å². The second-order valence-corrected chi connectivity index (χ2v) is 10.1. The molecule has 158 valence electrons. The van der Waals surface area contributed by atoms with E-state index in [9.17, 15) is 18.0 Å². The van der Waals surface area contributed by atoms with E-state index in [1.54, 1.807) is 7.11 Å². The molecule has 2 fully saturated rings. The van der Waals surface area contributed by atoms with E-state index in [0.29, 0.717) is 18.1 Å². The minimum absolute atomic E-state index is 0.0377. The van der Waals surface area contributed by atoms with Crippen molar-refractivity contribution >= 4 is 38.6 Å². The summed E-state index contributed by atoms with van der Waals surface area (Å²) < 4.78 is 34.0. The first-order chi connectivity index (χ1) is 13.8. The third kappa shape index (κ3) is 5.71. The fourth-order valence-corrected chi connectivity index (χ4v) is 7.30. The van der Waals surface area contributed by atoms with Gasteiger partial charge in [0, 0.05) is 11.8 Å². The molecular formula is C18H22N2O7S2. The van der Waals surface area contributed by atoms with Crippen LogP contribution in [0.4, 0.5) is 0 Å². The Morgan fingerprint density at radius 1 is 1.24 bits per heavy atom. The molecule has 2 atom stereocenters. The van der Waals surface area contributed by atoms with E-state index in [2.05, 4.69) is 4.99 Å². The fourth-order valence-electron chi connectivity index (χ4n) is 3.30. The molecule has 0 aromatic heterocycles. The molecule has 0 unspecified atom stereocenters. The summed E-state index contributed by atoms with van der Waals surface area (Å²) >= 11 is 1.29. The number of aliphatic imine (C=N–C) groups is 1. The van der Waals surface area contributed by atoms with Gasteiger partial charge in [-0.1, -0.05) is 23.9 Å². The van der Waals surface area contributed by atoms with Crippen molar-refractivity contribution in [2.45, 2.75) is 17.7 Å². The Hall–Kier alpha value is -2.11. The number of sulfone groups is 1. The first kappa shape index (κ1) is 21.6. The molecule has 29 heavy (non-hydrogen) atoms. The SMILES string of the molecule is COc1ccc(CCN2C(=NC(=O)COCC(=O)O)S[C@H]3CS(=O)(=O)C[C@H]32)cc1. The lowest BCUT2D eigenvalue weighted by Gasteiger charge is -2.24. The highest BCUT2D eigenvalue weighted by Crippen LogP contribution is 2.38. The van der Waals surface area contributed by atoms with Gasteiger partial charge >= 0.3 is 5.97 Å². The third-order valence-electron chi connectivity index (χ3n) is 4.65. The van der Waals surface area contributed by atoms with Crippen LogP contribution in [-0.4, -0.2) is 85.1 Å². The number of benzene rings is 1. The first-order valence-corrected chi connectivity index (χ1v) is 11.7. The molecule has 0 radical (unpaired) electrons. The molecule has 0 aliphatic carbocycles. The number of carbonyl (C=O) groups is 2. The van der Waals surface area contributed by atoms with Gasteiger partial charge in [0.15, 0.2) is 15.0 Å². The Bertz CT molecular complexity index is 899. The molecule has 1 N–H and O–H groups in total. The summed E-state index contributed by atoms with van der Waals surface area (Å²) in [6, 6.07) is 7.36. The topological polar surface area (TPSA) is 123 Å². The van der Waals surface area contributed by atoms with Gasteiger partial charge in [-0.3, -0.25) is 4.79 Å². The number of hydrogen-bond donors (Lipinski definition) is 1. The fraction of sp³-hybridized carbons (Fsp3) is 0.500. The lowest BCUT2D eigenvalue weighted by molar-refractivity contribution is -0.143. The highest BCUT2D eigenvalue weighted by Gasteiger charge is 2.48. The molecule has 1 amide bonds. The Morgan fingerprint density at radius 3 is 2.62 bits per heavy atom. The minimum atomic E-state index is -3.11. The number of nitrogens with zero attached hydrogens (tertiary/aromatic N) is 2. The number of amides is 1. The lowest BCUT2D eigenvalue weighted by Crippen LogP contribution is -2.39. The molecule has 9 nitrogen and oxygen atoms in total. The van der Waals surface area contributed by atoms with Crippen LogP contribution in [-0.2, 0) is 30.6 Å². The molecule has 0 spiro atoms. The molecule has 2 aliphatic rings. The van der Waals surface area contributed by atoms with Crippen molar-refractivity contribution in [2.75, 3.05) is 38.4 Å². The van der Waals surface area contributed by atoms with E-state index in [0.717, 1.165) is 11.3 Å². The first-order valence-electron chi connectivity index (χ1n) is 8.95. The molecule has 1 aromatic rings. The average Bonchev–Trinajstić information content (AvgIpc) is 3.11. The zero-order valence-electron chi connectivity index (χ0n) is 15.8. The number of methoxy groups -OCH3 is 1. The summed E-state index contributed by atoms with van der Waals surface area (Å²) in [5.41, 5.74) is 1.05. The summed E-state index contributed by atoms with van der Waals surface area (Å²) in [5.74, 6) is -0.908. The van der Waals surface area contributed by atoms with Crippen LogP contribution in [0.3, 0.4) is 0 Å². The van der Waals surface area contributed by atoms with Crippen molar-refractivity contribution < 1.29 is 32.6 Å². The van der Waals surface area contributed by atoms with E-state index in [1.807, 2.05) is 29.2 Å². The van der Waals surface area contributed by atoms with E-state index < -0.39 is 34.9 Å². The number of aliphatic carboxylic acids is 1. The normalized spacial score (nSPS) is 23.9. The Balaban J connectivity index is 1.70. The average molecular weight is 443 g/mol. The third-order valence-corrected chi connectivity index (χ3v) is 7.89. The van der Waals surface area contributed by atoms with E-state index in [1.165, 1.54) is 11.8 Å². The largest absolute Gasteiger partial charge is 0.497 e. The lowest BCUT2D eigenvalue weighted by atomic mass is 10.1. The van der Waals surface area contributed by atoms with E-state index in [4.69, 9.17) is 14.6 Å². The van der Waals surface area contributed by atoms with Crippen LogP contribution in [0.5, 0.6) is 5.75 Å². The zero-order chi connectivity index (χ0) is 21.0. The summed E-state index contributed by atoms with van der Waals surface area (Å²) in [4.78, 5) is 28.5. The number of carboxylic acid groups (broad SMARTS) is 1. The monoisotopic (exact) mass is 442 g/mol. The maximum absolute atomic E-state index is 12.0. The maximum Gasteiger partial charge on any atom is 0.329 e. The number of carbonyl (C=O) groups excluding carboxylic acids is 1. The quantitative estimate of drug-likeness (QED) is 0.611. The molecule has 2 heterocycles. The van der Waals surface area contributed by atoms with Crippen LogP contribution < -0.4 is 4.74 Å². The molecule has 0 bridgehead atoms. The predicted molar refractivity (Wildman–Crippen MR) is 108 cm³/mol. The summed E-state index contributed by atoms with van der Waals surface area (Å²) in [7, 11) is -1.52. The number of carboxylic acids is 1. The number of ether oxygens (including phenoxy) is 2. The Labute approximate surface area is 173 Å². The summed E-state index contributed by atoms with van der Waals surface area (Å²) in [6.45, 7) is -0.497. The van der Waals surface area contributed by atoms with E-state index in [-0.39, 0.29) is 22.8 Å².